The van der Waals surface area contributed by atoms with Gasteiger partial charge in [-0.3, -0.25) is 24.5 Å². The van der Waals surface area contributed by atoms with E-state index in [2.05, 4.69) is 34.3 Å². The number of nitrogens with zero attached hydrogens (tertiary/aromatic N) is 4. The molecular weight excluding hydrogens is 394 g/mol. The third-order valence-electron chi connectivity index (χ3n) is 4.35. The van der Waals surface area contributed by atoms with Gasteiger partial charge in [-0.15, -0.1) is 10.2 Å². The monoisotopic (exact) mass is 423 g/mol. The average Bonchev–Trinajstić information content (AvgIpc) is 3.03. The number of H-pyrrole nitrogens is 1. The van der Waals surface area contributed by atoms with E-state index in [9.17, 15) is 14.4 Å². The van der Waals surface area contributed by atoms with Gasteiger partial charge < -0.3 is 10.6 Å². The molecule has 0 fully saturated rings. The van der Waals surface area contributed by atoms with Gasteiger partial charge in [0, 0.05) is 13.1 Å². The molecule has 0 aliphatic heterocycles. The van der Waals surface area contributed by atoms with Crippen LogP contribution in [0, 0.1) is 12.8 Å². The van der Waals surface area contributed by atoms with E-state index in [1.54, 1.807) is 11.8 Å². The standard InChI is InChI=1S/C18H29N7O3S/c1-5-6-8-25-15(19)14(16(27)21-18(25)28)24(9-7-11(2)3)10-13(26)20-17-23-22-12(4)29-17/h11H,5-10,19H2,1-4H3,(H,20,23,26)(H,21,27,28). The Morgan fingerprint density at radius 1 is 1.34 bits per heavy atom. The molecule has 29 heavy (non-hydrogen) atoms. The minimum Gasteiger partial charge on any atom is -0.383 e. The SMILES string of the molecule is CCCCn1c(N)c(N(CCC(C)C)CC(=O)Nc2nnc(C)s2)c(=O)[nH]c1=O. The summed E-state index contributed by atoms with van der Waals surface area (Å²) >= 11 is 1.27. The molecule has 2 heterocycles. The molecule has 0 spiro atoms. The van der Waals surface area contributed by atoms with Gasteiger partial charge in [0.15, 0.2) is 0 Å². The fourth-order valence-electron chi connectivity index (χ4n) is 2.78. The van der Waals surface area contributed by atoms with Gasteiger partial charge >= 0.3 is 5.69 Å². The number of anilines is 3. The van der Waals surface area contributed by atoms with Gasteiger partial charge in [0.05, 0.1) is 6.54 Å². The van der Waals surface area contributed by atoms with E-state index in [1.165, 1.54) is 15.9 Å². The second-order valence-corrected chi connectivity index (χ2v) is 8.46. The van der Waals surface area contributed by atoms with Crippen molar-refractivity contribution in [3.05, 3.63) is 25.8 Å². The number of carbonyl (C=O) groups excluding carboxylic acids is 1. The largest absolute Gasteiger partial charge is 0.383 e. The molecule has 1 amide bonds. The number of hydrogen-bond donors (Lipinski definition) is 3. The van der Waals surface area contributed by atoms with Crippen LogP contribution in [0.5, 0.6) is 0 Å². The molecule has 4 N–H and O–H groups in total. The number of aromatic nitrogens is 4. The molecule has 0 saturated heterocycles. The smallest absolute Gasteiger partial charge is 0.330 e. The third kappa shape index (κ3) is 6.14. The Hall–Kier alpha value is -2.69. The van der Waals surface area contributed by atoms with Gasteiger partial charge in [0.2, 0.25) is 11.0 Å². The van der Waals surface area contributed by atoms with Crippen LogP contribution < -0.4 is 27.2 Å². The highest BCUT2D eigenvalue weighted by Gasteiger charge is 2.21. The van der Waals surface area contributed by atoms with Crippen molar-refractivity contribution in [2.45, 2.75) is 53.5 Å². The number of aromatic amines is 1. The molecule has 0 saturated carbocycles. The number of amides is 1. The van der Waals surface area contributed by atoms with E-state index in [0.717, 1.165) is 24.3 Å². The van der Waals surface area contributed by atoms with Crippen molar-refractivity contribution in [2.24, 2.45) is 5.92 Å². The number of nitrogens with one attached hydrogen (secondary N) is 2. The van der Waals surface area contributed by atoms with E-state index >= 15 is 0 Å². The normalized spacial score (nSPS) is 11.1. The molecule has 2 aromatic heterocycles. The zero-order chi connectivity index (χ0) is 21.6. The minimum atomic E-state index is -0.594. The Morgan fingerprint density at radius 2 is 2.07 bits per heavy atom. The van der Waals surface area contributed by atoms with Crippen molar-refractivity contribution >= 4 is 33.9 Å². The third-order valence-corrected chi connectivity index (χ3v) is 5.10. The summed E-state index contributed by atoms with van der Waals surface area (Å²) in [6.07, 6.45) is 2.37. The van der Waals surface area contributed by atoms with Gasteiger partial charge in [-0.25, -0.2) is 4.79 Å². The van der Waals surface area contributed by atoms with Crippen molar-refractivity contribution in [3.8, 4) is 0 Å². The number of aryl methyl sites for hydroxylation is 1. The molecule has 0 atom stereocenters. The first kappa shape index (κ1) is 22.6. The molecular formula is C18H29N7O3S. The summed E-state index contributed by atoms with van der Waals surface area (Å²) in [7, 11) is 0. The summed E-state index contributed by atoms with van der Waals surface area (Å²) in [5.74, 6) is 0.100. The Balaban J connectivity index is 2.34. The minimum absolute atomic E-state index is 0.0792. The van der Waals surface area contributed by atoms with Gasteiger partial charge in [0.1, 0.15) is 16.5 Å². The number of rotatable bonds is 10. The zero-order valence-corrected chi connectivity index (χ0v) is 18.1. The highest BCUT2D eigenvalue weighted by Crippen LogP contribution is 2.19. The molecule has 160 valence electrons. The van der Waals surface area contributed by atoms with Crippen molar-refractivity contribution < 1.29 is 4.79 Å². The zero-order valence-electron chi connectivity index (χ0n) is 17.3. The lowest BCUT2D eigenvalue weighted by molar-refractivity contribution is -0.115. The molecule has 0 unspecified atom stereocenters. The van der Waals surface area contributed by atoms with Crippen LogP contribution >= 0.6 is 11.3 Å². The van der Waals surface area contributed by atoms with E-state index in [-0.39, 0.29) is 24.0 Å². The lowest BCUT2D eigenvalue weighted by Gasteiger charge is -2.26. The van der Waals surface area contributed by atoms with Crippen LogP contribution in [0.15, 0.2) is 9.59 Å². The van der Waals surface area contributed by atoms with Crippen LogP contribution in [-0.4, -0.2) is 38.7 Å². The lowest BCUT2D eigenvalue weighted by Crippen LogP contribution is -2.42. The molecule has 0 aromatic carbocycles. The molecule has 0 radical (unpaired) electrons. The van der Waals surface area contributed by atoms with E-state index in [4.69, 9.17) is 5.73 Å². The van der Waals surface area contributed by atoms with E-state index in [0.29, 0.717) is 24.1 Å². The first-order valence-corrected chi connectivity index (χ1v) is 10.5. The molecule has 0 aliphatic rings. The summed E-state index contributed by atoms with van der Waals surface area (Å²) in [5, 5.41) is 11.6. The lowest BCUT2D eigenvalue weighted by atomic mass is 10.1. The number of unbranched alkanes of at least 4 members (excludes halogenated alkanes) is 1. The maximum Gasteiger partial charge on any atom is 0.330 e. The summed E-state index contributed by atoms with van der Waals surface area (Å²) in [6, 6.07) is 0. The maximum absolute atomic E-state index is 12.6. The Bertz CT molecular complexity index is 948. The highest BCUT2D eigenvalue weighted by molar-refractivity contribution is 7.15. The highest BCUT2D eigenvalue weighted by atomic mass is 32.1. The summed E-state index contributed by atoms with van der Waals surface area (Å²) < 4.78 is 1.36. The van der Waals surface area contributed by atoms with Gasteiger partial charge in [-0.05, 0) is 25.7 Å². The Labute approximate surface area is 173 Å². The molecule has 2 aromatic rings. The van der Waals surface area contributed by atoms with Gasteiger partial charge in [-0.2, -0.15) is 0 Å². The molecule has 0 bridgehead atoms. The number of nitrogens with two attached hydrogens (primary N) is 1. The first-order chi connectivity index (χ1) is 13.7. The summed E-state index contributed by atoms with van der Waals surface area (Å²) in [5.41, 5.74) is 5.22. The van der Waals surface area contributed by atoms with Crippen molar-refractivity contribution in [2.75, 3.05) is 29.0 Å². The van der Waals surface area contributed by atoms with Gasteiger partial charge in [-0.1, -0.05) is 38.5 Å². The first-order valence-electron chi connectivity index (χ1n) is 9.70. The van der Waals surface area contributed by atoms with Crippen molar-refractivity contribution in [3.63, 3.8) is 0 Å². The second kappa shape index (κ2) is 10.2. The van der Waals surface area contributed by atoms with Crippen LogP contribution in [0.1, 0.15) is 45.0 Å². The summed E-state index contributed by atoms with van der Waals surface area (Å²) in [4.78, 5) is 41.3. The molecule has 10 nitrogen and oxygen atoms in total. The van der Waals surface area contributed by atoms with Crippen LogP contribution in [0.3, 0.4) is 0 Å². The van der Waals surface area contributed by atoms with Crippen molar-refractivity contribution in [1.82, 2.24) is 19.7 Å². The van der Waals surface area contributed by atoms with E-state index in [1.807, 2.05) is 6.92 Å². The predicted molar refractivity (Wildman–Crippen MR) is 116 cm³/mol. The molecule has 0 aliphatic carbocycles. The number of nitrogen functional groups attached to an aromatic ring is 1. The van der Waals surface area contributed by atoms with Crippen molar-refractivity contribution in [1.29, 1.82) is 0 Å². The fourth-order valence-corrected chi connectivity index (χ4v) is 3.39. The predicted octanol–water partition coefficient (Wildman–Crippen LogP) is 1.57. The van der Waals surface area contributed by atoms with E-state index < -0.39 is 11.2 Å². The quantitative estimate of drug-likeness (QED) is 0.527. The van der Waals surface area contributed by atoms with Crippen LogP contribution in [0.2, 0.25) is 0 Å². The van der Waals surface area contributed by atoms with Crippen LogP contribution in [0.4, 0.5) is 16.6 Å². The van der Waals surface area contributed by atoms with Crippen LogP contribution in [-0.2, 0) is 11.3 Å². The number of carbonyl (C=O) groups is 1. The topological polar surface area (TPSA) is 139 Å². The Morgan fingerprint density at radius 3 is 2.66 bits per heavy atom. The maximum atomic E-state index is 12.6. The fraction of sp³-hybridized carbons (Fsp3) is 0.611. The number of hydrogen-bond acceptors (Lipinski definition) is 8. The van der Waals surface area contributed by atoms with Crippen LogP contribution in [0.25, 0.3) is 0 Å². The second-order valence-electron chi connectivity index (χ2n) is 7.28. The Kier molecular flexibility index (Phi) is 7.94. The summed E-state index contributed by atoms with van der Waals surface area (Å²) in [6.45, 7) is 8.66. The molecule has 11 heteroatoms. The van der Waals surface area contributed by atoms with Gasteiger partial charge in [0.25, 0.3) is 5.56 Å². The average molecular weight is 424 g/mol. The molecule has 2 rings (SSSR count).